The number of hydrogen-bond donors (Lipinski definition) is 3. The van der Waals surface area contributed by atoms with Gasteiger partial charge in [0.1, 0.15) is 5.82 Å². The van der Waals surface area contributed by atoms with E-state index in [-0.39, 0.29) is 11.9 Å². The Bertz CT molecular complexity index is 631. The summed E-state index contributed by atoms with van der Waals surface area (Å²) in [7, 11) is 0. The van der Waals surface area contributed by atoms with Gasteiger partial charge in [0, 0.05) is 29.9 Å². The van der Waals surface area contributed by atoms with Crippen LogP contribution < -0.4 is 11.1 Å². The molecule has 0 bridgehead atoms. The minimum Gasteiger partial charge on any atom is -0.409 e. The zero-order valence-corrected chi connectivity index (χ0v) is 11.6. The summed E-state index contributed by atoms with van der Waals surface area (Å²) in [5, 5.41) is 14.6. The molecule has 21 heavy (non-hydrogen) atoms. The molecule has 110 valence electrons. The Morgan fingerprint density at radius 2 is 2.24 bits per heavy atom. The van der Waals surface area contributed by atoms with Gasteiger partial charge < -0.3 is 16.3 Å². The number of halogens is 1. The van der Waals surface area contributed by atoms with E-state index in [1.165, 1.54) is 6.07 Å². The van der Waals surface area contributed by atoms with E-state index < -0.39 is 5.82 Å². The summed E-state index contributed by atoms with van der Waals surface area (Å²) in [6.45, 7) is 2.32. The monoisotopic (exact) mass is 288 g/mol. The topological polar surface area (TPSA) is 83.5 Å². The van der Waals surface area contributed by atoms with E-state index in [1.54, 1.807) is 18.3 Å². The number of pyridine rings is 1. The molecule has 1 heterocycles. The zero-order valence-electron chi connectivity index (χ0n) is 11.6. The summed E-state index contributed by atoms with van der Waals surface area (Å²) in [6, 6.07) is 10.2. The van der Waals surface area contributed by atoms with Crippen LogP contribution in [0.5, 0.6) is 0 Å². The first-order valence-corrected chi connectivity index (χ1v) is 6.52. The third-order valence-corrected chi connectivity index (χ3v) is 3.19. The third kappa shape index (κ3) is 3.76. The van der Waals surface area contributed by atoms with Crippen LogP contribution in [0.15, 0.2) is 47.8 Å². The molecule has 0 radical (unpaired) electrons. The number of amidine groups is 1. The number of nitrogens with two attached hydrogens (primary N) is 1. The van der Waals surface area contributed by atoms with Gasteiger partial charge in [0.15, 0.2) is 5.84 Å². The quantitative estimate of drug-likeness (QED) is 0.341. The summed E-state index contributed by atoms with van der Waals surface area (Å²) in [4.78, 5) is 4.25. The lowest BCUT2D eigenvalue weighted by Crippen LogP contribution is -2.20. The second-order valence-electron chi connectivity index (χ2n) is 4.65. The van der Waals surface area contributed by atoms with E-state index in [2.05, 4.69) is 15.5 Å². The van der Waals surface area contributed by atoms with Gasteiger partial charge in [-0.3, -0.25) is 4.98 Å². The number of nitrogens with zero attached hydrogens (tertiary/aromatic N) is 2. The van der Waals surface area contributed by atoms with Crippen molar-refractivity contribution in [3.63, 3.8) is 0 Å². The first-order chi connectivity index (χ1) is 10.1. The number of oxime groups is 1. The molecule has 0 fully saturated rings. The van der Waals surface area contributed by atoms with Crippen molar-refractivity contribution in [3.05, 3.63) is 65.2 Å². The minimum atomic E-state index is -0.403. The van der Waals surface area contributed by atoms with Crippen molar-refractivity contribution in [2.24, 2.45) is 10.9 Å². The molecule has 0 saturated carbocycles. The minimum absolute atomic E-state index is 0.00866. The van der Waals surface area contributed by atoms with E-state index in [0.29, 0.717) is 17.7 Å². The van der Waals surface area contributed by atoms with Crippen LogP contribution in [-0.4, -0.2) is 16.0 Å². The SMILES string of the molecule is C[C@H](NCc1ccc(/C(N)=N/O)cc1F)c1ccccn1. The number of rotatable bonds is 5. The molecular formula is C15H17FN4O. The smallest absolute Gasteiger partial charge is 0.170 e. The normalized spacial score (nSPS) is 13.1. The molecule has 0 saturated heterocycles. The van der Waals surface area contributed by atoms with Gasteiger partial charge in [-0.15, -0.1) is 0 Å². The van der Waals surface area contributed by atoms with Crippen molar-refractivity contribution in [2.75, 3.05) is 0 Å². The van der Waals surface area contributed by atoms with Crippen molar-refractivity contribution in [1.82, 2.24) is 10.3 Å². The number of nitrogens with one attached hydrogen (secondary N) is 1. The second kappa shape index (κ2) is 6.81. The average Bonchev–Trinajstić information content (AvgIpc) is 2.53. The van der Waals surface area contributed by atoms with E-state index in [9.17, 15) is 4.39 Å². The van der Waals surface area contributed by atoms with E-state index >= 15 is 0 Å². The van der Waals surface area contributed by atoms with Gasteiger partial charge in [-0.25, -0.2) is 4.39 Å². The molecule has 2 aromatic rings. The largest absolute Gasteiger partial charge is 0.409 e. The maximum absolute atomic E-state index is 14.0. The summed E-state index contributed by atoms with van der Waals surface area (Å²) in [5.74, 6) is -0.518. The Hall–Kier alpha value is -2.47. The highest BCUT2D eigenvalue weighted by atomic mass is 19.1. The predicted octanol–water partition coefficient (Wildman–Crippen LogP) is 2.17. The molecule has 1 aromatic heterocycles. The first-order valence-electron chi connectivity index (χ1n) is 6.52. The zero-order chi connectivity index (χ0) is 15.2. The van der Waals surface area contributed by atoms with Gasteiger partial charge in [-0.05, 0) is 25.1 Å². The van der Waals surface area contributed by atoms with E-state index in [4.69, 9.17) is 10.9 Å². The van der Waals surface area contributed by atoms with Gasteiger partial charge >= 0.3 is 0 Å². The molecule has 0 unspecified atom stereocenters. The maximum atomic E-state index is 14.0. The maximum Gasteiger partial charge on any atom is 0.170 e. The molecular weight excluding hydrogens is 271 g/mol. The Kier molecular flexibility index (Phi) is 4.84. The molecule has 0 aliphatic heterocycles. The molecule has 0 spiro atoms. The number of hydrogen-bond acceptors (Lipinski definition) is 4. The van der Waals surface area contributed by atoms with E-state index in [1.807, 2.05) is 25.1 Å². The summed E-state index contributed by atoms with van der Waals surface area (Å²) in [5.41, 5.74) is 7.17. The van der Waals surface area contributed by atoms with Crippen LogP contribution in [0.4, 0.5) is 4.39 Å². The van der Waals surface area contributed by atoms with Gasteiger partial charge in [0.05, 0.1) is 5.69 Å². The Morgan fingerprint density at radius 1 is 1.43 bits per heavy atom. The van der Waals surface area contributed by atoms with Crippen LogP contribution in [0.25, 0.3) is 0 Å². The van der Waals surface area contributed by atoms with Crippen LogP contribution >= 0.6 is 0 Å². The first kappa shape index (κ1) is 14.9. The van der Waals surface area contributed by atoms with E-state index in [0.717, 1.165) is 5.69 Å². The Morgan fingerprint density at radius 3 is 2.86 bits per heavy atom. The van der Waals surface area contributed by atoms with Crippen LogP contribution in [0, 0.1) is 5.82 Å². The van der Waals surface area contributed by atoms with Crippen molar-refractivity contribution in [1.29, 1.82) is 0 Å². The van der Waals surface area contributed by atoms with Crippen LogP contribution in [-0.2, 0) is 6.54 Å². The van der Waals surface area contributed by atoms with Gasteiger partial charge in [-0.2, -0.15) is 0 Å². The summed E-state index contributed by atoms with van der Waals surface area (Å²) in [6.07, 6.45) is 1.72. The highest BCUT2D eigenvalue weighted by molar-refractivity contribution is 5.97. The predicted molar refractivity (Wildman–Crippen MR) is 78.4 cm³/mol. The third-order valence-electron chi connectivity index (χ3n) is 3.19. The van der Waals surface area contributed by atoms with Crippen LogP contribution in [0.3, 0.4) is 0 Å². The molecule has 1 atom stereocenters. The van der Waals surface area contributed by atoms with Gasteiger partial charge in [0.2, 0.25) is 0 Å². The fourth-order valence-electron chi connectivity index (χ4n) is 1.91. The molecule has 1 aromatic carbocycles. The number of benzene rings is 1. The van der Waals surface area contributed by atoms with Crippen LogP contribution in [0.1, 0.15) is 29.8 Å². The molecule has 0 aliphatic rings. The highest BCUT2D eigenvalue weighted by Crippen LogP contribution is 2.13. The molecule has 0 aliphatic carbocycles. The molecule has 2 rings (SSSR count). The van der Waals surface area contributed by atoms with Gasteiger partial charge in [-0.1, -0.05) is 23.4 Å². The Labute approximate surface area is 122 Å². The van der Waals surface area contributed by atoms with Crippen molar-refractivity contribution in [3.8, 4) is 0 Å². The van der Waals surface area contributed by atoms with Crippen molar-refractivity contribution < 1.29 is 9.60 Å². The van der Waals surface area contributed by atoms with Crippen LogP contribution in [0.2, 0.25) is 0 Å². The van der Waals surface area contributed by atoms with Gasteiger partial charge in [0.25, 0.3) is 0 Å². The van der Waals surface area contributed by atoms with Crippen molar-refractivity contribution >= 4 is 5.84 Å². The lowest BCUT2D eigenvalue weighted by Gasteiger charge is -2.14. The second-order valence-corrected chi connectivity index (χ2v) is 4.65. The summed E-state index contributed by atoms with van der Waals surface area (Å²) >= 11 is 0. The molecule has 0 amide bonds. The average molecular weight is 288 g/mol. The lowest BCUT2D eigenvalue weighted by molar-refractivity contribution is 0.318. The lowest BCUT2D eigenvalue weighted by atomic mass is 10.1. The molecule has 5 nitrogen and oxygen atoms in total. The molecule has 4 N–H and O–H groups in total. The van der Waals surface area contributed by atoms with Crippen molar-refractivity contribution in [2.45, 2.75) is 19.5 Å². The number of aromatic nitrogens is 1. The highest BCUT2D eigenvalue weighted by Gasteiger charge is 2.09. The fraction of sp³-hybridized carbons (Fsp3) is 0.200. The summed E-state index contributed by atoms with van der Waals surface area (Å²) < 4.78 is 14.0. The Balaban J connectivity index is 2.04. The fourth-order valence-corrected chi connectivity index (χ4v) is 1.91. The molecule has 6 heteroatoms. The standard InChI is InChI=1S/C15H17FN4O/c1-10(14-4-2-3-7-18-14)19-9-12-6-5-11(8-13(12)16)15(17)20-21/h2-8,10,19,21H,9H2,1H3,(H2,17,20)/t10-/m0/s1.